The number of para-hydroxylation sites is 1. The number of methoxy groups -OCH3 is 1. The molecule has 0 saturated carbocycles. The van der Waals surface area contributed by atoms with Gasteiger partial charge in [0.15, 0.2) is 0 Å². The highest BCUT2D eigenvalue weighted by molar-refractivity contribution is 5.97. The molecule has 0 radical (unpaired) electrons. The van der Waals surface area contributed by atoms with Crippen molar-refractivity contribution in [3.8, 4) is 5.75 Å². The topological polar surface area (TPSA) is 90.9 Å². The lowest BCUT2D eigenvalue weighted by molar-refractivity contribution is -0.149. The first-order valence-electron chi connectivity index (χ1n) is 8.15. The largest absolute Gasteiger partial charge is 0.496 e. The Hall–Kier alpha value is -2.12. The normalized spacial score (nSPS) is 27.6. The van der Waals surface area contributed by atoms with Gasteiger partial charge in [0.05, 0.1) is 13.2 Å². The van der Waals surface area contributed by atoms with Crippen LogP contribution in [0.2, 0.25) is 0 Å². The lowest BCUT2D eigenvalue weighted by atomic mass is 10.0. The van der Waals surface area contributed by atoms with Gasteiger partial charge < -0.3 is 25.4 Å². The van der Waals surface area contributed by atoms with Gasteiger partial charge in [-0.3, -0.25) is 9.59 Å². The number of aliphatic hydroxyl groups is 1. The number of hydrogen-bond donors (Lipinski definition) is 3. The molecule has 7 nitrogen and oxygen atoms in total. The third-order valence-corrected chi connectivity index (χ3v) is 4.71. The zero-order valence-corrected chi connectivity index (χ0v) is 13.9. The number of benzene rings is 1. The van der Waals surface area contributed by atoms with Crippen LogP contribution in [0.25, 0.3) is 0 Å². The van der Waals surface area contributed by atoms with Gasteiger partial charge in [0.2, 0.25) is 11.8 Å². The lowest BCUT2D eigenvalue weighted by Crippen LogP contribution is -2.64. The number of rotatable bonds is 5. The summed E-state index contributed by atoms with van der Waals surface area (Å²) in [7, 11) is 1.63. The highest BCUT2D eigenvalue weighted by Gasteiger charge is 2.47. The number of piperazine rings is 1. The van der Waals surface area contributed by atoms with Crippen LogP contribution < -0.4 is 15.4 Å². The Morgan fingerprint density at radius 1 is 1.42 bits per heavy atom. The first-order valence-corrected chi connectivity index (χ1v) is 8.15. The molecule has 0 aromatic heterocycles. The van der Waals surface area contributed by atoms with E-state index in [4.69, 9.17) is 4.74 Å². The van der Waals surface area contributed by atoms with Gasteiger partial charge in [-0.25, -0.2) is 0 Å². The molecule has 3 rings (SSSR count). The molecule has 3 N–H and O–H groups in total. The van der Waals surface area contributed by atoms with Crippen molar-refractivity contribution in [3.05, 3.63) is 29.8 Å². The summed E-state index contributed by atoms with van der Waals surface area (Å²) >= 11 is 0. The number of ether oxygens (including phenoxy) is 1. The van der Waals surface area contributed by atoms with Crippen LogP contribution in [0.4, 0.5) is 0 Å². The summed E-state index contributed by atoms with van der Waals surface area (Å²) in [4.78, 5) is 26.2. The zero-order chi connectivity index (χ0) is 17.3. The molecule has 4 atom stereocenters. The fourth-order valence-electron chi connectivity index (χ4n) is 3.40. The molecule has 7 heteroatoms. The molecule has 2 aliphatic rings. The monoisotopic (exact) mass is 333 g/mol. The number of amides is 2. The first kappa shape index (κ1) is 16.7. The Kier molecular flexibility index (Phi) is 4.73. The zero-order valence-electron chi connectivity index (χ0n) is 13.9. The van der Waals surface area contributed by atoms with E-state index in [0.29, 0.717) is 19.5 Å². The third-order valence-electron chi connectivity index (χ3n) is 4.71. The summed E-state index contributed by atoms with van der Waals surface area (Å²) in [6, 6.07) is 6.47. The molecule has 1 aromatic rings. The number of hydrogen-bond acceptors (Lipinski definition) is 5. The quantitative estimate of drug-likeness (QED) is 0.684. The summed E-state index contributed by atoms with van der Waals surface area (Å²) in [5.74, 6) is 0.405. The second-order valence-corrected chi connectivity index (χ2v) is 6.36. The van der Waals surface area contributed by atoms with Gasteiger partial charge in [-0.05, 0) is 19.4 Å². The van der Waals surface area contributed by atoms with E-state index in [-0.39, 0.29) is 17.9 Å². The number of nitrogens with zero attached hydrogens (tertiary/aromatic N) is 1. The molecule has 24 heavy (non-hydrogen) atoms. The van der Waals surface area contributed by atoms with Gasteiger partial charge in [-0.2, -0.15) is 0 Å². The molecule has 2 saturated heterocycles. The molecule has 0 spiro atoms. The van der Waals surface area contributed by atoms with Gasteiger partial charge in [0.25, 0.3) is 0 Å². The van der Waals surface area contributed by atoms with E-state index >= 15 is 0 Å². The average Bonchev–Trinajstić information content (AvgIpc) is 3.01. The number of nitrogens with one attached hydrogen (secondary N) is 2. The molecule has 130 valence electrons. The van der Waals surface area contributed by atoms with E-state index in [2.05, 4.69) is 10.6 Å². The minimum atomic E-state index is -0.900. The lowest BCUT2D eigenvalue weighted by Gasteiger charge is -2.35. The maximum Gasteiger partial charge on any atom is 0.248 e. The van der Waals surface area contributed by atoms with Gasteiger partial charge >= 0.3 is 0 Å². The standard InChI is InChI=1S/C17H23N3O4/c1-10(21)15-17(23)20-9-12(7-13(20)16(22)19-15)18-8-11-5-3-4-6-14(11)24-2/h3-6,10,12-13,15,18,21H,7-9H2,1-2H3,(H,19,22)/t10-,12-,13-,15+/m0/s1. The fraction of sp³-hybridized carbons (Fsp3) is 0.529. The smallest absolute Gasteiger partial charge is 0.248 e. The minimum absolute atomic E-state index is 0.0300. The van der Waals surface area contributed by atoms with Crippen molar-refractivity contribution < 1.29 is 19.4 Å². The van der Waals surface area contributed by atoms with Crippen molar-refractivity contribution in [2.75, 3.05) is 13.7 Å². The molecule has 2 fully saturated rings. The Bertz CT molecular complexity index is 634. The summed E-state index contributed by atoms with van der Waals surface area (Å²) in [6.07, 6.45) is -0.331. The van der Waals surface area contributed by atoms with Gasteiger partial charge in [0, 0.05) is 24.7 Å². The van der Waals surface area contributed by atoms with Gasteiger partial charge in [-0.15, -0.1) is 0 Å². The molecule has 2 amide bonds. The highest BCUT2D eigenvalue weighted by atomic mass is 16.5. The van der Waals surface area contributed by atoms with Crippen LogP contribution in [0.15, 0.2) is 24.3 Å². The summed E-state index contributed by atoms with van der Waals surface area (Å²) in [5.41, 5.74) is 1.03. The SMILES string of the molecule is COc1ccccc1CN[C@H]1C[C@H]2C(=O)N[C@H]([C@H](C)O)C(=O)N2C1. The van der Waals surface area contributed by atoms with Crippen LogP contribution >= 0.6 is 0 Å². The summed E-state index contributed by atoms with van der Waals surface area (Å²) in [6.45, 7) is 2.58. The Morgan fingerprint density at radius 2 is 2.17 bits per heavy atom. The third kappa shape index (κ3) is 3.09. The van der Waals surface area contributed by atoms with Crippen LogP contribution in [-0.4, -0.2) is 59.7 Å². The maximum atomic E-state index is 12.4. The van der Waals surface area contributed by atoms with Crippen LogP contribution in [0.5, 0.6) is 5.75 Å². The molecule has 0 unspecified atom stereocenters. The van der Waals surface area contributed by atoms with Crippen LogP contribution in [0, 0.1) is 0 Å². The number of fused-ring (bicyclic) bond motifs is 1. The van der Waals surface area contributed by atoms with Crippen molar-refractivity contribution in [1.82, 2.24) is 15.5 Å². The van der Waals surface area contributed by atoms with E-state index in [9.17, 15) is 14.7 Å². The Labute approximate surface area is 141 Å². The van der Waals surface area contributed by atoms with E-state index in [1.165, 1.54) is 6.92 Å². The van der Waals surface area contributed by atoms with E-state index in [1.54, 1.807) is 12.0 Å². The fourth-order valence-corrected chi connectivity index (χ4v) is 3.40. The molecule has 2 aliphatic heterocycles. The minimum Gasteiger partial charge on any atom is -0.496 e. The van der Waals surface area contributed by atoms with E-state index in [0.717, 1.165) is 11.3 Å². The van der Waals surface area contributed by atoms with Gasteiger partial charge in [0.1, 0.15) is 17.8 Å². The van der Waals surface area contributed by atoms with Crippen molar-refractivity contribution in [3.63, 3.8) is 0 Å². The molecular weight excluding hydrogens is 310 g/mol. The van der Waals surface area contributed by atoms with E-state index < -0.39 is 18.2 Å². The highest BCUT2D eigenvalue weighted by Crippen LogP contribution is 2.24. The summed E-state index contributed by atoms with van der Waals surface area (Å²) < 4.78 is 5.33. The van der Waals surface area contributed by atoms with E-state index in [1.807, 2.05) is 24.3 Å². The molecule has 0 aliphatic carbocycles. The second kappa shape index (κ2) is 6.78. The van der Waals surface area contributed by atoms with Crippen molar-refractivity contribution in [1.29, 1.82) is 0 Å². The number of carbonyl (C=O) groups excluding carboxylic acids is 2. The van der Waals surface area contributed by atoms with Crippen LogP contribution in [0.3, 0.4) is 0 Å². The maximum absolute atomic E-state index is 12.4. The van der Waals surface area contributed by atoms with Crippen LogP contribution in [0.1, 0.15) is 18.9 Å². The van der Waals surface area contributed by atoms with Crippen LogP contribution in [-0.2, 0) is 16.1 Å². The van der Waals surface area contributed by atoms with Crippen molar-refractivity contribution in [2.45, 2.75) is 44.1 Å². The number of aliphatic hydroxyl groups excluding tert-OH is 1. The molecular formula is C17H23N3O4. The van der Waals surface area contributed by atoms with Crippen molar-refractivity contribution >= 4 is 11.8 Å². The molecule has 1 aromatic carbocycles. The predicted octanol–water partition coefficient (Wildman–Crippen LogP) is -0.366. The number of carbonyl (C=O) groups is 2. The second-order valence-electron chi connectivity index (χ2n) is 6.36. The Morgan fingerprint density at radius 3 is 2.88 bits per heavy atom. The predicted molar refractivity (Wildman–Crippen MR) is 87.4 cm³/mol. The molecule has 0 bridgehead atoms. The average molecular weight is 333 g/mol. The molecule has 2 heterocycles. The first-order chi connectivity index (χ1) is 11.5. The van der Waals surface area contributed by atoms with Crippen molar-refractivity contribution in [2.24, 2.45) is 0 Å². The Balaban J connectivity index is 1.64. The van der Waals surface area contributed by atoms with Gasteiger partial charge in [-0.1, -0.05) is 18.2 Å². The summed E-state index contributed by atoms with van der Waals surface area (Å²) in [5, 5.41) is 15.7.